The SMILES string of the molecule is CN=C(NCC1CC(=O)N(CCc2ccccc2)C1)NCC1CN(CC(C)C)CCO1. The number of ether oxygens (including phenoxy) is 1. The van der Waals surface area contributed by atoms with Gasteiger partial charge in [0.05, 0.1) is 12.7 Å². The molecule has 3 rings (SSSR count). The van der Waals surface area contributed by atoms with Crippen molar-refractivity contribution in [2.24, 2.45) is 16.8 Å². The third kappa shape index (κ3) is 7.82. The second kappa shape index (κ2) is 12.1. The van der Waals surface area contributed by atoms with E-state index >= 15 is 0 Å². The summed E-state index contributed by atoms with van der Waals surface area (Å²) in [5, 5.41) is 6.79. The second-order valence-electron chi connectivity index (χ2n) is 9.13. The van der Waals surface area contributed by atoms with Gasteiger partial charge in [-0.25, -0.2) is 0 Å². The molecule has 0 aliphatic carbocycles. The largest absolute Gasteiger partial charge is 0.374 e. The molecule has 0 radical (unpaired) electrons. The van der Waals surface area contributed by atoms with Crippen LogP contribution in [0.5, 0.6) is 0 Å². The molecule has 0 bridgehead atoms. The van der Waals surface area contributed by atoms with Crippen molar-refractivity contribution in [1.82, 2.24) is 20.4 Å². The van der Waals surface area contributed by atoms with Crippen LogP contribution in [-0.4, -0.2) is 87.2 Å². The predicted molar refractivity (Wildman–Crippen MR) is 125 cm³/mol. The first kappa shape index (κ1) is 23.5. The predicted octanol–water partition coefficient (Wildman–Crippen LogP) is 1.60. The molecule has 7 heteroatoms. The van der Waals surface area contributed by atoms with E-state index in [0.29, 0.717) is 18.3 Å². The topological polar surface area (TPSA) is 69.2 Å². The van der Waals surface area contributed by atoms with Crippen LogP contribution in [0.1, 0.15) is 25.8 Å². The van der Waals surface area contributed by atoms with Crippen molar-refractivity contribution in [2.75, 3.05) is 59.5 Å². The van der Waals surface area contributed by atoms with Crippen molar-refractivity contribution < 1.29 is 9.53 Å². The minimum atomic E-state index is 0.174. The number of hydrogen-bond acceptors (Lipinski definition) is 4. The molecule has 1 aromatic rings. The first-order chi connectivity index (χ1) is 15.0. The molecule has 31 heavy (non-hydrogen) atoms. The summed E-state index contributed by atoms with van der Waals surface area (Å²) in [5.74, 6) is 2.02. The number of carbonyl (C=O) groups excluding carboxylic acids is 1. The molecular weight excluding hydrogens is 390 g/mol. The van der Waals surface area contributed by atoms with Crippen LogP contribution < -0.4 is 10.6 Å². The van der Waals surface area contributed by atoms with Gasteiger partial charge < -0.3 is 20.3 Å². The minimum Gasteiger partial charge on any atom is -0.374 e. The van der Waals surface area contributed by atoms with E-state index in [9.17, 15) is 4.79 Å². The van der Waals surface area contributed by atoms with E-state index in [1.165, 1.54) is 5.56 Å². The number of carbonyl (C=O) groups is 1. The number of nitrogens with zero attached hydrogens (tertiary/aromatic N) is 3. The molecule has 2 atom stereocenters. The standard InChI is InChI=1S/C24H39N5O2/c1-19(2)16-28-11-12-31-22(18-28)15-27-24(25-3)26-14-21-13-23(30)29(17-21)10-9-20-7-5-4-6-8-20/h4-8,19,21-22H,9-18H2,1-3H3,(H2,25,26,27). The van der Waals surface area contributed by atoms with Gasteiger partial charge in [0.2, 0.25) is 5.91 Å². The molecule has 1 amide bonds. The maximum atomic E-state index is 12.4. The van der Waals surface area contributed by atoms with Crippen molar-refractivity contribution in [2.45, 2.75) is 32.8 Å². The van der Waals surface area contributed by atoms with Gasteiger partial charge in [-0.1, -0.05) is 44.2 Å². The molecule has 2 aliphatic heterocycles. The fourth-order valence-corrected chi connectivity index (χ4v) is 4.37. The van der Waals surface area contributed by atoms with Gasteiger partial charge in [0, 0.05) is 65.2 Å². The lowest BCUT2D eigenvalue weighted by Crippen LogP contribution is -2.50. The van der Waals surface area contributed by atoms with Crippen LogP contribution in [0, 0.1) is 11.8 Å². The summed E-state index contributed by atoms with van der Waals surface area (Å²) < 4.78 is 5.92. The smallest absolute Gasteiger partial charge is 0.223 e. The monoisotopic (exact) mass is 429 g/mol. The van der Waals surface area contributed by atoms with Crippen molar-refractivity contribution in [3.63, 3.8) is 0 Å². The van der Waals surface area contributed by atoms with Gasteiger partial charge >= 0.3 is 0 Å². The van der Waals surface area contributed by atoms with Gasteiger partial charge in [-0.05, 0) is 17.9 Å². The highest BCUT2D eigenvalue weighted by Crippen LogP contribution is 2.17. The van der Waals surface area contributed by atoms with Gasteiger partial charge in [0.25, 0.3) is 0 Å². The summed E-state index contributed by atoms with van der Waals surface area (Å²) in [6.07, 6.45) is 1.69. The van der Waals surface area contributed by atoms with E-state index in [1.807, 2.05) is 23.1 Å². The van der Waals surface area contributed by atoms with Crippen LogP contribution >= 0.6 is 0 Å². The van der Waals surface area contributed by atoms with E-state index in [1.54, 1.807) is 7.05 Å². The Morgan fingerprint density at radius 2 is 1.97 bits per heavy atom. The van der Waals surface area contributed by atoms with E-state index < -0.39 is 0 Å². The highest BCUT2D eigenvalue weighted by Gasteiger charge is 2.29. The van der Waals surface area contributed by atoms with Crippen LogP contribution in [0.4, 0.5) is 0 Å². The minimum absolute atomic E-state index is 0.174. The zero-order valence-corrected chi connectivity index (χ0v) is 19.3. The lowest BCUT2D eigenvalue weighted by Gasteiger charge is -2.34. The van der Waals surface area contributed by atoms with Crippen LogP contribution in [0.3, 0.4) is 0 Å². The number of rotatable bonds is 9. The summed E-state index contributed by atoms with van der Waals surface area (Å²) in [6.45, 7) is 11.5. The summed E-state index contributed by atoms with van der Waals surface area (Å²) >= 11 is 0. The van der Waals surface area contributed by atoms with Crippen LogP contribution in [0.15, 0.2) is 35.3 Å². The van der Waals surface area contributed by atoms with E-state index in [-0.39, 0.29) is 12.0 Å². The molecule has 0 aromatic heterocycles. The maximum absolute atomic E-state index is 12.4. The van der Waals surface area contributed by atoms with Crippen LogP contribution in [-0.2, 0) is 16.0 Å². The quantitative estimate of drug-likeness (QED) is 0.461. The average molecular weight is 430 g/mol. The molecule has 2 unspecified atom stereocenters. The number of benzene rings is 1. The Bertz CT molecular complexity index is 709. The zero-order chi connectivity index (χ0) is 22.1. The van der Waals surface area contributed by atoms with Gasteiger partial charge in [0.15, 0.2) is 5.96 Å². The Morgan fingerprint density at radius 1 is 1.19 bits per heavy atom. The molecular formula is C24H39N5O2. The van der Waals surface area contributed by atoms with Crippen molar-refractivity contribution in [3.05, 3.63) is 35.9 Å². The molecule has 0 saturated carbocycles. The normalized spacial score (nSPS) is 22.9. The third-order valence-electron chi connectivity index (χ3n) is 5.93. The van der Waals surface area contributed by atoms with Crippen LogP contribution in [0.25, 0.3) is 0 Å². The second-order valence-corrected chi connectivity index (χ2v) is 9.13. The van der Waals surface area contributed by atoms with Crippen LogP contribution in [0.2, 0.25) is 0 Å². The Morgan fingerprint density at radius 3 is 2.71 bits per heavy atom. The van der Waals surface area contributed by atoms with Gasteiger partial charge in [-0.2, -0.15) is 0 Å². The van der Waals surface area contributed by atoms with E-state index in [2.05, 4.69) is 46.5 Å². The molecule has 0 spiro atoms. The molecule has 2 N–H and O–H groups in total. The maximum Gasteiger partial charge on any atom is 0.223 e. The van der Waals surface area contributed by atoms with Crippen molar-refractivity contribution in [1.29, 1.82) is 0 Å². The molecule has 2 aliphatic rings. The highest BCUT2D eigenvalue weighted by atomic mass is 16.5. The number of nitrogens with one attached hydrogen (secondary N) is 2. The molecule has 2 heterocycles. The molecule has 2 saturated heterocycles. The lowest BCUT2D eigenvalue weighted by molar-refractivity contribution is -0.127. The Kier molecular flexibility index (Phi) is 9.15. The van der Waals surface area contributed by atoms with Crippen molar-refractivity contribution >= 4 is 11.9 Å². The number of likely N-dealkylation sites (tertiary alicyclic amines) is 1. The summed E-state index contributed by atoms with van der Waals surface area (Å²) in [5.41, 5.74) is 1.28. The molecule has 2 fully saturated rings. The number of guanidine groups is 1. The summed E-state index contributed by atoms with van der Waals surface area (Å²) in [6, 6.07) is 10.4. The Balaban J connectivity index is 1.36. The van der Waals surface area contributed by atoms with Crippen molar-refractivity contribution in [3.8, 4) is 0 Å². The molecule has 172 valence electrons. The van der Waals surface area contributed by atoms with Gasteiger partial charge in [-0.3, -0.25) is 14.7 Å². The lowest BCUT2D eigenvalue weighted by atomic mass is 10.1. The van der Waals surface area contributed by atoms with E-state index in [0.717, 1.165) is 64.8 Å². The Labute approximate surface area is 187 Å². The fourth-order valence-electron chi connectivity index (χ4n) is 4.37. The number of hydrogen-bond donors (Lipinski definition) is 2. The first-order valence-corrected chi connectivity index (χ1v) is 11.6. The Hall–Kier alpha value is -2.12. The van der Waals surface area contributed by atoms with E-state index in [4.69, 9.17) is 4.74 Å². The summed E-state index contributed by atoms with van der Waals surface area (Å²) in [4.78, 5) is 21.2. The zero-order valence-electron chi connectivity index (χ0n) is 19.3. The first-order valence-electron chi connectivity index (χ1n) is 11.6. The third-order valence-corrected chi connectivity index (χ3v) is 5.93. The molecule has 1 aromatic carbocycles. The molecule has 7 nitrogen and oxygen atoms in total. The average Bonchev–Trinajstić information content (AvgIpc) is 3.12. The van der Waals surface area contributed by atoms with Gasteiger partial charge in [0.1, 0.15) is 0 Å². The summed E-state index contributed by atoms with van der Waals surface area (Å²) in [7, 11) is 1.79. The number of morpholine rings is 1. The highest BCUT2D eigenvalue weighted by molar-refractivity contribution is 5.80. The number of amides is 1. The van der Waals surface area contributed by atoms with Gasteiger partial charge in [-0.15, -0.1) is 0 Å². The fraction of sp³-hybridized carbons (Fsp3) is 0.667. The number of aliphatic imine (C=N–C) groups is 1.